The van der Waals surface area contributed by atoms with E-state index < -0.39 is 5.60 Å². The number of amides is 1. The molecule has 126 valence electrons. The van der Waals surface area contributed by atoms with Gasteiger partial charge in [-0.15, -0.1) is 0 Å². The molecular formula is C19H27NO2S. The summed E-state index contributed by atoms with van der Waals surface area (Å²) >= 11 is 1.93. The number of benzene rings is 1. The van der Waals surface area contributed by atoms with Crippen LogP contribution >= 0.6 is 11.8 Å². The zero-order valence-corrected chi connectivity index (χ0v) is 15.1. The fraction of sp³-hybridized carbons (Fsp3) is 0.632. The van der Waals surface area contributed by atoms with Gasteiger partial charge < -0.3 is 9.64 Å². The van der Waals surface area contributed by atoms with Crippen molar-refractivity contribution in [2.75, 3.05) is 5.75 Å². The van der Waals surface area contributed by atoms with Crippen LogP contribution in [0.2, 0.25) is 0 Å². The Morgan fingerprint density at radius 3 is 2.70 bits per heavy atom. The number of nitrogens with zero attached hydrogens (tertiary/aromatic N) is 1. The summed E-state index contributed by atoms with van der Waals surface area (Å²) in [4.78, 5) is 14.6. The molecule has 0 radical (unpaired) electrons. The molecule has 1 aromatic rings. The molecule has 4 heteroatoms. The third-order valence-electron chi connectivity index (χ3n) is 4.74. The lowest BCUT2D eigenvalue weighted by atomic mass is 10.0. The van der Waals surface area contributed by atoms with Gasteiger partial charge in [-0.1, -0.05) is 30.3 Å². The molecule has 2 bridgehead atoms. The molecule has 23 heavy (non-hydrogen) atoms. The van der Waals surface area contributed by atoms with Crippen LogP contribution in [0, 0.1) is 5.92 Å². The van der Waals surface area contributed by atoms with Gasteiger partial charge >= 0.3 is 6.09 Å². The Bertz CT molecular complexity index is 540. The number of piperidine rings is 1. The summed E-state index contributed by atoms with van der Waals surface area (Å²) < 4.78 is 5.65. The highest BCUT2D eigenvalue weighted by Crippen LogP contribution is 2.44. The lowest BCUT2D eigenvalue weighted by molar-refractivity contribution is 0.0102. The quantitative estimate of drug-likeness (QED) is 0.799. The highest BCUT2D eigenvalue weighted by atomic mass is 32.2. The minimum absolute atomic E-state index is 0.116. The molecule has 1 aliphatic heterocycles. The molecule has 1 amide bonds. The van der Waals surface area contributed by atoms with E-state index in [-0.39, 0.29) is 6.09 Å². The van der Waals surface area contributed by atoms with Gasteiger partial charge in [0.2, 0.25) is 0 Å². The summed E-state index contributed by atoms with van der Waals surface area (Å²) in [6.45, 7) is 5.83. The molecular weight excluding hydrogens is 306 g/mol. The van der Waals surface area contributed by atoms with Gasteiger partial charge in [0, 0.05) is 23.6 Å². The summed E-state index contributed by atoms with van der Waals surface area (Å²) in [5, 5.41) is 0. The molecule has 0 unspecified atom stereocenters. The Hall–Kier alpha value is -1.16. The van der Waals surface area contributed by atoms with Crippen molar-refractivity contribution in [3.8, 4) is 0 Å². The molecule has 0 spiro atoms. The number of carbonyl (C=O) groups is 1. The number of likely N-dealkylation sites (tertiary alicyclic amines) is 1. The average molecular weight is 333 g/mol. The summed E-state index contributed by atoms with van der Waals surface area (Å²) in [5.41, 5.74) is 0.935. The first kappa shape index (κ1) is 16.7. The summed E-state index contributed by atoms with van der Waals surface area (Å²) in [5.74, 6) is 2.68. The summed E-state index contributed by atoms with van der Waals surface area (Å²) in [6, 6.07) is 11.3. The first-order chi connectivity index (χ1) is 10.9. The van der Waals surface area contributed by atoms with Crippen LogP contribution < -0.4 is 0 Å². The van der Waals surface area contributed by atoms with Crippen LogP contribution in [0.15, 0.2) is 30.3 Å². The van der Waals surface area contributed by atoms with E-state index in [0.29, 0.717) is 18.0 Å². The molecule has 2 aliphatic rings. The van der Waals surface area contributed by atoms with E-state index in [9.17, 15) is 4.79 Å². The van der Waals surface area contributed by atoms with E-state index in [0.717, 1.165) is 24.3 Å². The van der Waals surface area contributed by atoms with Crippen molar-refractivity contribution < 1.29 is 9.53 Å². The number of hydrogen-bond donors (Lipinski definition) is 0. The van der Waals surface area contributed by atoms with Gasteiger partial charge in [-0.25, -0.2) is 4.79 Å². The first-order valence-electron chi connectivity index (χ1n) is 8.57. The predicted molar refractivity (Wildman–Crippen MR) is 95.6 cm³/mol. The monoisotopic (exact) mass is 333 g/mol. The molecule has 1 saturated heterocycles. The molecule has 3 rings (SSSR count). The highest BCUT2D eigenvalue weighted by molar-refractivity contribution is 7.98. The normalized spacial score (nSPS) is 26.6. The maximum absolute atomic E-state index is 12.6. The van der Waals surface area contributed by atoms with Crippen LogP contribution in [0.3, 0.4) is 0 Å². The van der Waals surface area contributed by atoms with E-state index in [1.165, 1.54) is 12.0 Å². The molecule has 0 aromatic heterocycles. The third kappa shape index (κ3) is 4.03. The zero-order valence-electron chi connectivity index (χ0n) is 14.3. The molecule has 1 heterocycles. The Morgan fingerprint density at radius 1 is 1.26 bits per heavy atom. The fourth-order valence-corrected chi connectivity index (χ4v) is 5.00. The molecule has 1 aromatic carbocycles. The van der Waals surface area contributed by atoms with Crippen LogP contribution in [0.25, 0.3) is 0 Å². The van der Waals surface area contributed by atoms with E-state index in [1.807, 2.05) is 38.6 Å². The zero-order chi connectivity index (χ0) is 16.4. The second-order valence-electron chi connectivity index (χ2n) is 7.68. The minimum Gasteiger partial charge on any atom is -0.444 e. The highest BCUT2D eigenvalue weighted by Gasteiger charge is 2.48. The second kappa shape index (κ2) is 6.76. The molecule has 1 saturated carbocycles. The van der Waals surface area contributed by atoms with Crippen LogP contribution in [0.5, 0.6) is 0 Å². The van der Waals surface area contributed by atoms with E-state index in [4.69, 9.17) is 4.74 Å². The van der Waals surface area contributed by atoms with Gasteiger partial charge in [0.1, 0.15) is 5.60 Å². The molecule has 2 fully saturated rings. The third-order valence-corrected chi connectivity index (χ3v) is 5.86. The predicted octanol–water partition coefficient (Wildman–Crippen LogP) is 4.71. The fourth-order valence-electron chi connectivity index (χ4n) is 3.78. The van der Waals surface area contributed by atoms with Gasteiger partial charge in [0.15, 0.2) is 0 Å². The number of rotatable bonds is 4. The Balaban J connectivity index is 1.59. The number of ether oxygens (including phenoxy) is 1. The van der Waals surface area contributed by atoms with Crippen molar-refractivity contribution in [2.45, 2.75) is 63.5 Å². The Kier molecular flexibility index (Phi) is 4.90. The Labute approximate surface area is 143 Å². The number of hydrogen-bond acceptors (Lipinski definition) is 3. The number of thioether (sulfide) groups is 1. The van der Waals surface area contributed by atoms with Crippen LogP contribution in [0.1, 0.15) is 45.6 Å². The molecule has 1 aliphatic carbocycles. The largest absolute Gasteiger partial charge is 0.444 e. The van der Waals surface area contributed by atoms with E-state index in [2.05, 4.69) is 29.2 Å². The standard InChI is InChI=1S/C19H27NO2S/c1-19(2,3)22-18(21)20-16-10-9-15(11-16)17(20)13-23-12-14-7-5-4-6-8-14/h4-8,15-17H,9-13H2,1-3H3/t15-,16+,17+/m1/s1. The number of carbonyl (C=O) groups excluding carboxylic acids is 1. The molecule has 3 nitrogen and oxygen atoms in total. The van der Waals surface area contributed by atoms with Crippen molar-refractivity contribution >= 4 is 17.9 Å². The van der Waals surface area contributed by atoms with Gasteiger partial charge in [0.05, 0.1) is 0 Å². The van der Waals surface area contributed by atoms with Gasteiger partial charge in [-0.05, 0) is 51.5 Å². The average Bonchev–Trinajstić information content (AvgIpc) is 3.07. The van der Waals surface area contributed by atoms with Gasteiger partial charge in [-0.3, -0.25) is 0 Å². The van der Waals surface area contributed by atoms with E-state index in [1.54, 1.807) is 0 Å². The van der Waals surface area contributed by atoms with Crippen molar-refractivity contribution in [3.05, 3.63) is 35.9 Å². The summed E-state index contributed by atoms with van der Waals surface area (Å²) in [7, 11) is 0. The van der Waals surface area contributed by atoms with Crippen molar-refractivity contribution in [3.63, 3.8) is 0 Å². The van der Waals surface area contributed by atoms with E-state index >= 15 is 0 Å². The molecule has 0 N–H and O–H groups in total. The SMILES string of the molecule is CC(C)(C)OC(=O)N1[C@H]2CC[C@H](C2)[C@@H]1CSCc1ccccc1. The first-order valence-corrected chi connectivity index (χ1v) is 9.72. The van der Waals surface area contributed by atoms with Crippen LogP contribution in [-0.2, 0) is 10.5 Å². The van der Waals surface area contributed by atoms with Crippen molar-refractivity contribution in [1.29, 1.82) is 0 Å². The van der Waals surface area contributed by atoms with Crippen LogP contribution in [-0.4, -0.2) is 34.4 Å². The van der Waals surface area contributed by atoms with Crippen molar-refractivity contribution in [2.24, 2.45) is 5.92 Å². The Morgan fingerprint density at radius 2 is 2.00 bits per heavy atom. The maximum atomic E-state index is 12.6. The molecule has 3 atom stereocenters. The summed E-state index contributed by atoms with van der Waals surface area (Å²) in [6.07, 6.45) is 3.45. The second-order valence-corrected chi connectivity index (χ2v) is 8.71. The lowest BCUT2D eigenvalue weighted by Gasteiger charge is -2.36. The van der Waals surface area contributed by atoms with Gasteiger partial charge in [-0.2, -0.15) is 11.8 Å². The minimum atomic E-state index is -0.416. The maximum Gasteiger partial charge on any atom is 0.410 e. The smallest absolute Gasteiger partial charge is 0.410 e. The van der Waals surface area contributed by atoms with Gasteiger partial charge in [0.25, 0.3) is 0 Å². The van der Waals surface area contributed by atoms with Crippen LogP contribution in [0.4, 0.5) is 4.79 Å². The van der Waals surface area contributed by atoms with Crippen molar-refractivity contribution in [1.82, 2.24) is 4.90 Å². The lowest BCUT2D eigenvalue weighted by Crippen LogP contribution is -2.48. The topological polar surface area (TPSA) is 29.5 Å². The number of fused-ring (bicyclic) bond motifs is 2.